The van der Waals surface area contributed by atoms with Crippen LogP contribution in [0.4, 0.5) is 0 Å². The Kier molecular flexibility index (Phi) is 5.86. The largest absolute Gasteiger partial charge is 0.314 e. The van der Waals surface area contributed by atoms with Gasteiger partial charge in [0, 0.05) is 17.8 Å². The fourth-order valence-electron chi connectivity index (χ4n) is 2.51. The van der Waals surface area contributed by atoms with E-state index in [1.165, 1.54) is 29.8 Å². The number of hydrogen-bond donors (Lipinski definition) is 1. The molecule has 0 spiro atoms. The highest BCUT2D eigenvalue weighted by molar-refractivity contribution is 5.25. The molecule has 0 aromatic carbocycles. The Balaban J connectivity index is 2.74. The van der Waals surface area contributed by atoms with Crippen LogP contribution >= 0.6 is 0 Å². The molecule has 0 aliphatic carbocycles. The number of rotatable bonds is 7. The van der Waals surface area contributed by atoms with Gasteiger partial charge in [-0.3, -0.25) is 4.68 Å². The molecule has 0 bridgehead atoms. The first-order valence-corrected chi connectivity index (χ1v) is 7.25. The molecule has 3 nitrogen and oxygen atoms in total. The van der Waals surface area contributed by atoms with Crippen LogP contribution in [0.25, 0.3) is 0 Å². The Morgan fingerprint density at radius 2 is 1.89 bits per heavy atom. The van der Waals surface area contributed by atoms with Crippen molar-refractivity contribution in [2.24, 2.45) is 0 Å². The summed E-state index contributed by atoms with van der Waals surface area (Å²) in [5, 5.41) is 8.19. The minimum Gasteiger partial charge on any atom is -0.314 e. The van der Waals surface area contributed by atoms with Crippen molar-refractivity contribution in [1.82, 2.24) is 15.1 Å². The smallest absolute Gasteiger partial charge is 0.0629 e. The van der Waals surface area contributed by atoms with E-state index in [1.54, 1.807) is 0 Å². The predicted molar refractivity (Wildman–Crippen MR) is 78.2 cm³/mol. The summed E-state index contributed by atoms with van der Waals surface area (Å²) in [7, 11) is 0. The first kappa shape index (κ1) is 15.2. The van der Waals surface area contributed by atoms with E-state index in [0.29, 0.717) is 12.1 Å². The third-order valence-corrected chi connectivity index (χ3v) is 3.53. The summed E-state index contributed by atoms with van der Waals surface area (Å²) in [4.78, 5) is 0. The summed E-state index contributed by atoms with van der Waals surface area (Å²) in [6.07, 6.45) is 3.49. The zero-order valence-electron chi connectivity index (χ0n) is 12.9. The van der Waals surface area contributed by atoms with E-state index < -0.39 is 0 Å². The van der Waals surface area contributed by atoms with E-state index in [-0.39, 0.29) is 0 Å². The molecule has 1 unspecified atom stereocenters. The van der Waals surface area contributed by atoms with Gasteiger partial charge < -0.3 is 5.32 Å². The van der Waals surface area contributed by atoms with Crippen LogP contribution in [0.1, 0.15) is 63.5 Å². The average Bonchev–Trinajstić information content (AvgIpc) is 2.56. The maximum absolute atomic E-state index is 4.72. The number of nitrogens with one attached hydrogen (secondary N) is 1. The van der Waals surface area contributed by atoms with Crippen LogP contribution in [-0.4, -0.2) is 22.4 Å². The second kappa shape index (κ2) is 6.93. The molecule has 0 aliphatic rings. The fourth-order valence-corrected chi connectivity index (χ4v) is 2.51. The normalized spacial score (nSPS) is 13.3. The topological polar surface area (TPSA) is 29.9 Å². The van der Waals surface area contributed by atoms with Crippen LogP contribution in [0.3, 0.4) is 0 Å². The Morgan fingerprint density at radius 3 is 2.44 bits per heavy atom. The highest BCUT2D eigenvalue weighted by atomic mass is 15.3. The van der Waals surface area contributed by atoms with E-state index in [1.807, 2.05) is 0 Å². The van der Waals surface area contributed by atoms with Gasteiger partial charge in [0.05, 0.1) is 5.69 Å². The standard InChI is InChI=1S/C15H29N3/c1-7-8-12(4)18-14(6)15(13(5)17-18)9-10-16-11(2)3/h11-12,16H,7-10H2,1-6H3. The van der Waals surface area contributed by atoms with Gasteiger partial charge in [0.2, 0.25) is 0 Å². The second-order valence-corrected chi connectivity index (χ2v) is 5.59. The molecule has 0 saturated carbocycles. The number of aryl methyl sites for hydroxylation is 1. The van der Waals surface area contributed by atoms with Crippen molar-refractivity contribution in [2.75, 3.05) is 6.54 Å². The average molecular weight is 251 g/mol. The first-order valence-electron chi connectivity index (χ1n) is 7.25. The molecule has 1 aromatic rings. The summed E-state index contributed by atoms with van der Waals surface area (Å²) in [5.41, 5.74) is 3.96. The summed E-state index contributed by atoms with van der Waals surface area (Å²) >= 11 is 0. The Bertz CT molecular complexity index is 366. The van der Waals surface area contributed by atoms with E-state index in [4.69, 9.17) is 5.10 Å². The van der Waals surface area contributed by atoms with Crippen molar-refractivity contribution in [3.05, 3.63) is 17.0 Å². The highest BCUT2D eigenvalue weighted by Crippen LogP contribution is 2.20. The molecule has 0 amide bonds. The van der Waals surface area contributed by atoms with E-state index in [9.17, 15) is 0 Å². The van der Waals surface area contributed by atoms with Crippen LogP contribution in [-0.2, 0) is 6.42 Å². The minimum atomic E-state index is 0.514. The molecule has 1 aromatic heterocycles. The molecular formula is C15H29N3. The quantitative estimate of drug-likeness (QED) is 0.805. The SMILES string of the molecule is CCCC(C)n1nc(C)c(CCNC(C)C)c1C. The van der Waals surface area contributed by atoms with Crippen LogP contribution in [0.15, 0.2) is 0 Å². The number of aromatic nitrogens is 2. The molecule has 3 heteroatoms. The van der Waals surface area contributed by atoms with Crippen molar-refractivity contribution < 1.29 is 0 Å². The van der Waals surface area contributed by atoms with Gasteiger partial charge in [0.15, 0.2) is 0 Å². The molecule has 1 heterocycles. The third-order valence-electron chi connectivity index (χ3n) is 3.53. The number of nitrogens with zero attached hydrogens (tertiary/aromatic N) is 2. The Morgan fingerprint density at radius 1 is 1.22 bits per heavy atom. The van der Waals surface area contributed by atoms with Gasteiger partial charge in [0.1, 0.15) is 0 Å². The van der Waals surface area contributed by atoms with Gasteiger partial charge in [-0.15, -0.1) is 0 Å². The molecule has 1 N–H and O–H groups in total. The van der Waals surface area contributed by atoms with Crippen LogP contribution in [0, 0.1) is 13.8 Å². The van der Waals surface area contributed by atoms with Crippen molar-refractivity contribution in [2.45, 2.75) is 72.9 Å². The molecule has 1 rings (SSSR count). The van der Waals surface area contributed by atoms with E-state index in [2.05, 4.69) is 51.5 Å². The minimum absolute atomic E-state index is 0.514. The summed E-state index contributed by atoms with van der Waals surface area (Å²) in [5.74, 6) is 0. The maximum Gasteiger partial charge on any atom is 0.0629 e. The Hall–Kier alpha value is -0.830. The zero-order chi connectivity index (χ0) is 13.7. The lowest BCUT2D eigenvalue weighted by molar-refractivity contribution is 0.443. The lowest BCUT2D eigenvalue weighted by Crippen LogP contribution is -2.25. The maximum atomic E-state index is 4.72. The fraction of sp³-hybridized carbons (Fsp3) is 0.800. The molecule has 18 heavy (non-hydrogen) atoms. The molecule has 0 radical (unpaired) electrons. The molecule has 1 atom stereocenters. The van der Waals surface area contributed by atoms with Crippen molar-refractivity contribution >= 4 is 0 Å². The monoisotopic (exact) mass is 251 g/mol. The van der Waals surface area contributed by atoms with Crippen molar-refractivity contribution in [1.29, 1.82) is 0 Å². The molecule has 0 saturated heterocycles. The third kappa shape index (κ3) is 3.84. The summed E-state index contributed by atoms with van der Waals surface area (Å²) in [6, 6.07) is 1.07. The summed E-state index contributed by atoms with van der Waals surface area (Å²) < 4.78 is 2.21. The van der Waals surface area contributed by atoms with E-state index in [0.717, 1.165) is 13.0 Å². The van der Waals surface area contributed by atoms with Crippen molar-refractivity contribution in [3.8, 4) is 0 Å². The van der Waals surface area contributed by atoms with E-state index >= 15 is 0 Å². The van der Waals surface area contributed by atoms with Crippen LogP contribution in [0.5, 0.6) is 0 Å². The van der Waals surface area contributed by atoms with Gasteiger partial charge in [0.25, 0.3) is 0 Å². The lowest BCUT2D eigenvalue weighted by Gasteiger charge is -2.13. The van der Waals surface area contributed by atoms with Crippen molar-refractivity contribution in [3.63, 3.8) is 0 Å². The second-order valence-electron chi connectivity index (χ2n) is 5.59. The van der Waals surface area contributed by atoms with Gasteiger partial charge >= 0.3 is 0 Å². The number of hydrogen-bond acceptors (Lipinski definition) is 2. The van der Waals surface area contributed by atoms with Gasteiger partial charge in [-0.1, -0.05) is 27.2 Å². The predicted octanol–water partition coefficient (Wildman–Crippen LogP) is 3.40. The van der Waals surface area contributed by atoms with Gasteiger partial charge in [-0.25, -0.2) is 0 Å². The zero-order valence-corrected chi connectivity index (χ0v) is 12.9. The highest BCUT2D eigenvalue weighted by Gasteiger charge is 2.14. The molecule has 104 valence electrons. The molecule has 0 aliphatic heterocycles. The lowest BCUT2D eigenvalue weighted by atomic mass is 10.1. The molecule has 0 fully saturated rings. The summed E-state index contributed by atoms with van der Waals surface area (Å²) in [6.45, 7) is 14.2. The van der Waals surface area contributed by atoms with Crippen LogP contribution < -0.4 is 5.32 Å². The van der Waals surface area contributed by atoms with Gasteiger partial charge in [-0.05, 0) is 45.7 Å². The van der Waals surface area contributed by atoms with Crippen LogP contribution in [0.2, 0.25) is 0 Å². The van der Waals surface area contributed by atoms with Gasteiger partial charge in [-0.2, -0.15) is 5.10 Å². The molecular weight excluding hydrogens is 222 g/mol. The first-order chi connectivity index (χ1) is 8.47. The Labute approximate surface area is 112 Å².